The van der Waals surface area contributed by atoms with Gasteiger partial charge in [-0.3, -0.25) is 4.79 Å². The van der Waals surface area contributed by atoms with E-state index in [0.29, 0.717) is 24.4 Å². The third kappa shape index (κ3) is 2.92. The molecule has 1 amide bonds. The van der Waals surface area contributed by atoms with E-state index in [1.54, 1.807) is 0 Å². The Balaban J connectivity index is 1.51. The Bertz CT molecular complexity index is 971. The van der Waals surface area contributed by atoms with Crippen LogP contribution in [0.3, 0.4) is 0 Å². The average molecular weight is 350 g/mol. The minimum absolute atomic E-state index is 0.0420. The molecule has 1 aromatic carbocycles. The Morgan fingerprint density at radius 3 is 2.27 bits per heavy atom. The van der Waals surface area contributed by atoms with E-state index >= 15 is 0 Å². The van der Waals surface area contributed by atoms with Crippen molar-refractivity contribution in [3.05, 3.63) is 53.1 Å². The lowest BCUT2D eigenvalue weighted by atomic mass is 10.2. The summed E-state index contributed by atoms with van der Waals surface area (Å²) in [5.74, 6) is 2.41. The zero-order valence-electron chi connectivity index (χ0n) is 15.3. The molecular formula is C20H22N4O2. The second-order valence-corrected chi connectivity index (χ2v) is 6.73. The van der Waals surface area contributed by atoms with Gasteiger partial charge >= 0.3 is 0 Å². The molecule has 0 spiro atoms. The second kappa shape index (κ2) is 6.44. The van der Waals surface area contributed by atoms with Crippen molar-refractivity contribution in [1.29, 1.82) is 0 Å². The number of aromatic nitrogens is 2. The van der Waals surface area contributed by atoms with Crippen molar-refractivity contribution in [1.82, 2.24) is 14.9 Å². The molecule has 6 nitrogen and oxygen atoms in total. The molecule has 3 aromatic rings. The summed E-state index contributed by atoms with van der Waals surface area (Å²) in [6.45, 7) is 8.51. The van der Waals surface area contributed by atoms with Gasteiger partial charge in [0.25, 0.3) is 5.91 Å². The van der Waals surface area contributed by atoms with Gasteiger partial charge in [0.2, 0.25) is 0 Å². The summed E-state index contributed by atoms with van der Waals surface area (Å²) in [4.78, 5) is 26.3. The maximum Gasteiger partial charge on any atom is 0.257 e. The van der Waals surface area contributed by atoms with E-state index in [4.69, 9.17) is 9.40 Å². The quantitative estimate of drug-likeness (QED) is 0.711. The number of piperazine rings is 1. The van der Waals surface area contributed by atoms with Gasteiger partial charge in [-0.1, -0.05) is 12.1 Å². The molecule has 2 aromatic heterocycles. The molecule has 0 bridgehead atoms. The predicted octanol–water partition coefficient (Wildman–Crippen LogP) is 3.11. The summed E-state index contributed by atoms with van der Waals surface area (Å²) in [7, 11) is 0. The third-order valence-corrected chi connectivity index (χ3v) is 4.86. The lowest BCUT2D eigenvalue weighted by Crippen LogP contribution is -2.49. The molecular weight excluding hydrogens is 328 g/mol. The fraction of sp³-hybridized carbons (Fsp3) is 0.350. The number of hydrogen-bond acceptors (Lipinski definition) is 5. The molecule has 0 saturated carbocycles. The highest BCUT2D eigenvalue weighted by atomic mass is 16.3. The molecule has 0 N–H and O–H groups in total. The van der Waals surface area contributed by atoms with Crippen LogP contribution in [0.5, 0.6) is 0 Å². The van der Waals surface area contributed by atoms with Crippen molar-refractivity contribution in [3.8, 4) is 0 Å². The lowest BCUT2D eigenvalue weighted by molar-refractivity contribution is 0.0744. The van der Waals surface area contributed by atoms with Gasteiger partial charge in [-0.05, 0) is 39.0 Å². The number of para-hydroxylation sites is 2. The van der Waals surface area contributed by atoms with Crippen LogP contribution < -0.4 is 4.90 Å². The fourth-order valence-corrected chi connectivity index (χ4v) is 3.51. The lowest BCUT2D eigenvalue weighted by Gasteiger charge is -2.35. The molecule has 134 valence electrons. The molecule has 6 heteroatoms. The molecule has 1 fully saturated rings. The SMILES string of the molecule is Cc1cc(C(=O)N2CCN(c3nc4ccccc4nc3C)CC2)c(C)o1. The van der Waals surface area contributed by atoms with Gasteiger partial charge < -0.3 is 14.2 Å². The Morgan fingerprint density at radius 1 is 1.00 bits per heavy atom. The van der Waals surface area contributed by atoms with E-state index in [1.165, 1.54) is 0 Å². The normalized spacial score (nSPS) is 14.9. The summed E-state index contributed by atoms with van der Waals surface area (Å²) in [6.07, 6.45) is 0. The van der Waals surface area contributed by atoms with Gasteiger partial charge in [0.05, 0.1) is 22.3 Å². The Morgan fingerprint density at radius 2 is 1.65 bits per heavy atom. The number of hydrogen-bond donors (Lipinski definition) is 0. The standard InChI is InChI=1S/C20H22N4O2/c1-13-12-16(15(3)26-13)20(25)24-10-8-23(9-11-24)19-14(2)21-17-6-4-5-7-18(17)22-19/h4-7,12H,8-11H2,1-3H3. The van der Waals surface area contributed by atoms with Gasteiger partial charge in [-0.15, -0.1) is 0 Å². The van der Waals surface area contributed by atoms with Crippen LogP contribution >= 0.6 is 0 Å². The van der Waals surface area contributed by atoms with Crippen LogP contribution in [0.2, 0.25) is 0 Å². The number of benzene rings is 1. The topological polar surface area (TPSA) is 62.5 Å². The van der Waals surface area contributed by atoms with Gasteiger partial charge in [-0.2, -0.15) is 0 Å². The summed E-state index contributed by atoms with van der Waals surface area (Å²) in [5.41, 5.74) is 3.40. The zero-order chi connectivity index (χ0) is 18.3. The molecule has 0 unspecified atom stereocenters. The molecule has 1 saturated heterocycles. The van der Waals surface area contributed by atoms with E-state index in [2.05, 4.69) is 9.88 Å². The smallest absolute Gasteiger partial charge is 0.257 e. The minimum atomic E-state index is 0.0420. The third-order valence-electron chi connectivity index (χ3n) is 4.86. The highest BCUT2D eigenvalue weighted by Crippen LogP contribution is 2.22. The average Bonchev–Trinajstić information content (AvgIpc) is 2.99. The summed E-state index contributed by atoms with van der Waals surface area (Å²) in [6, 6.07) is 9.73. The van der Waals surface area contributed by atoms with E-state index < -0.39 is 0 Å². The summed E-state index contributed by atoms with van der Waals surface area (Å²) < 4.78 is 5.50. The van der Waals surface area contributed by atoms with Crippen LogP contribution in [0, 0.1) is 20.8 Å². The largest absolute Gasteiger partial charge is 0.466 e. The van der Waals surface area contributed by atoms with Crippen LogP contribution in [-0.4, -0.2) is 47.0 Å². The van der Waals surface area contributed by atoms with Crippen molar-refractivity contribution < 1.29 is 9.21 Å². The molecule has 0 atom stereocenters. The van der Waals surface area contributed by atoms with Crippen molar-refractivity contribution in [2.45, 2.75) is 20.8 Å². The molecule has 1 aliphatic heterocycles. The first-order valence-corrected chi connectivity index (χ1v) is 8.87. The number of rotatable bonds is 2. The van der Waals surface area contributed by atoms with Gasteiger partial charge in [-0.25, -0.2) is 9.97 Å². The van der Waals surface area contributed by atoms with Gasteiger partial charge in [0, 0.05) is 26.2 Å². The molecule has 3 heterocycles. The van der Waals surface area contributed by atoms with Crippen LogP contribution in [0.1, 0.15) is 27.6 Å². The first kappa shape index (κ1) is 16.6. The molecule has 1 aliphatic rings. The van der Waals surface area contributed by atoms with Crippen molar-refractivity contribution in [2.75, 3.05) is 31.1 Å². The summed E-state index contributed by atoms with van der Waals surface area (Å²) in [5, 5.41) is 0. The van der Waals surface area contributed by atoms with Crippen molar-refractivity contribution >= 4 is 22.8 Å². The monoisotopic (exact) mass is 350 g/mol. The van der Waals surface area contributed by atoms with E-state index in [9.17, 15) is 4.79 Å². The van der Waals surface area contributed by atoms with Crippen molar-refractivity contribution in [2.24, 2.45) is 0 Å². The Labute approximate surface area is 152 Å². The number of anilines is 1. The van der Waals surface area contributed by atoms with Gasteiger partial charge in [0.15, 0.2) is 5.82 Å². The zero-order valence-corrected chi connectivity index (χ0v) is 15.3. The number of aryl methyl sites for hydroxylation is 3. The maximum atomic E-state index is 12.7. The Kier molecular flexibility index (Phi) is 4.11. The highest BCUT2D eigenvalue weighted by Gasteiger charge is 2.26. The number of furan rings is 1. The Hall–Kier alpha value is -2.89. The number of fused-ring (bicyclic) bond motifs is 1. The maximum absolute atomic E-state index is 12.7. The minimum Gasteiger partial charge on any atom is -0.466 e. The highest BCUT2D eigenvalue weighted by molar-refractivity contribution is 5.95. The second-order valence-electron chi connectivity index (χ2n) is 6.73. The molecule has 26 heavy (non-hydrogen) atoms. The number of carbonyl (C=O) groups excluding carboxylic acids is 1. The molecule has 0 aliphatic carbocycles. The van der Waals surface area contributed by atoms with Crippen LogP contribution in [-0.2, 0) is 0 Å². The molecule has 0 radical (unpaired) electrons. The predicted molar refractivity (Wildman–Crippen MR) is 101 cm³/mol. The van der Waals surface area contributed by atoms with E-state index in [1.807, 2.05) is 56.0 Å². The van der Waals surface area contributed by atoms with Crippen molar-refractivity contribution in [3.63, 3.8) is 0 Å². The number of carbonyl (C=O) groups is 1. The van der Waals surface area contributed by atoms with Crippen LogP contribution in [0.15, 0.2) is 34.7 Å². The van der Waals surface area contributed by atoms with E-state index in [0.717, 1.165) is 41.4 Å². The van der Waals surface area contributed by atoms with E-state index in [-0.39, 0.29) is 5.91 Å². The molecule has 4 rings (SSSR count). The summed E-state index contributed by atoms with van der Waals surface area (Å²) >= 11 is 0. The number of amides is 1. The first-order chi connectivity index (χ1) is 12.5. The fourth-order valence-electron chi connectivity index (χ4n) is 3.51. The van der Waals surface area contributed by atoms with Crippen LogP contribution in [0.25, 0.3) is 11.0 Å². The van der Waals surface area contributed by atoms with Crippen LogP contribution in [0.4, 0.5) is 5.82 Å². The number of nitrogens with zero attached hydrogens (tertiary/aromatic N) is 4. The first-order valence-electron chi connectivity index (χ1n) is 8.87. The van der Waals surface area contributed by atoms with Gasteiger partial charge in [0.1, 0.15) is 11.5 Å².